The van der Waals surface area contributed by atoms with Gasteiger partial charge in [0.25, 0.3) is 0 Å². The summed E-state index contributed by atoms with van der Waals surface area (Å²) in [6.07, 6.45) is 0. The molecule has 0 aromatic heterocycles. The van der Waals surface area contributed by atoms with Crippen molar-refractivity contribution >= 4 is 0 Å². The smallest absolute Gasteiger partial charge is 0.122 e. The monoisotopic (exact) mass is 121 g/mol. The third-order valence-electron chi connectivity index (χ3n) is 1.23. The van der Waals surface area contributed by atoms with Crippen LogP contribution < -0.4 is 4.74 Å². The van der Waals surface area contributed by atoms with Gasteiger partial charge in [-0.2, -0.15) is 0 Å². The Morgan fingerprint density at radius 2 is 2.33 bits per heavy atom. The van der Waals surface area contributed by atoms with E-state index in [4.69, 9.17) is 4.74 Å². The first kappa shape index (κ1) is 6.14. The van der Waals surface area contributed by atoms with E-state index in [1.165, 1.54) is 0 Å². The molecule has 1 aromatic carbocycles. The standard InChI is InChI=1S/C8H9O/c1-7-5-3-4-6-8(7)9-2/h3-4,6H,1-2H3. The first-order chi connectivity index (χ1) is 4.34. The summed E-state index contributed by atoms with van der Waals surface area (Å²) >= 11 is 0. The summed E-state index contributed by atoms with van der Waals surface area (Å²) in [6, 6.07) is 8.73. The molecule has 0 unspecified atom stereocenters. The fraction of sp³-hybridized carbons (Fsp3) is 0.250. The highest BCUT2D eigenvalue weighted by Gasteiger charge is 1.91. The lowest BCUT2D eigenvalue weighted by molar-refractivity contribution is 0.411. The predicted octanol–water partition coefficient (Wildman–Crippen LogP) is 1.80. The second-order valence-corrected chi connectivity index (χ2v) is 1.86. The van der Waals surface area contributed by atoms with E-state index in [0.717, 1.165) is 11.3 Å². The van der Waals surface area contributed by atoms with Crippen LogP contribution in [0.5, 0.6) is 5.75 Å². The predicted molar refractivity (Wildman–Crippen MR) is 36.6 cm³/mol. The molecule has 0 atom stereocenters. The van der Waals surface area contributed by atoms with Gasteiger partial charge in [-0.1, -0.05) is 12.1 Å². The average molecular weight is 121 g/mol. The van der Waals surface area contributed by atoms with Crippen LogP contribution in [0.3, 0.4) is 0 Å². The van der Waals surface area contributed by atoms with Gasteiger partial charge < -0.3 is 4.74 Å². The van der Waals surface area contributed by atoms with Gasteiger partial charge in [-0.25, -0.2) is 0 Å². The van der Waals surface area contributed by atoms with Gasteiger partial charge in [0.15, 0.2) is 0 Å². The van der Waals surface area contributed by atoms with E-state index in [0.29, 0.717) is 0 Å². The first-order valence-corrected chi connectivity index (χ1v) is 2.86. The SMILES string of the molecule is COc1ccc[c]c1C. The molecule has 1 rings (SSSR count). The largest absolute Gasteiger partial charge is 0.496 e. The summed E-state index contributed by atoms with van der Waals surface area (Å²) in [4.78, 5) is 0. The number of hydrogen-bond acceptors (Lipinski definition) is 1. The van der Waals surface area contributed by atoms with Crippen molar-refractivity contribution < 1.29 is 4.74 Å². The zero-order valence-electron chi connectivity index (χ0n) is 5.64. The highest BCUT2D eigenvalue weighted by molar-refractivity contribution is 5.30. The third-order valence-corrected chi connectivity index (χ3v) is 1.23. The molecule has 1 aromatic rings. The molecule has 0 aliphatic rings. The van der Waals surface area contributed by atoms with E-state index in [-0.39, 0.29) is 0 Å². The maximum atomic E-state index is 5.01. The Morgan fingerprint density at radius 3 is 2.78 bits per heavy atom. The highest BCUT2D eigenvalue weighted by Crippen LogP contribution is 2.13. The second-order valence-electron chi connectivity index (χ2n) is 1.86. The number of ether oxygens (including phenoxy) is 1. The summed E-state index contributed by atoms with van der Waals surface area (Å²) in [7, 11) is 1.66. The molecule has 0 spiro atoms. The maximum absolute atomic E-state index is 5.01. The van der Waals surface area contributed by atoms with Crippen molar-refractivity contribution in [2.75, 3.05) is 7.11 Å². The van der Waals surface area contributed by atoms with Gasteiger partial charge in [0.1, 0.15) is 5.75 Å². The molecule has 0 saturated carbocycles. The third kappa shape index (κ3) is 1.22. The van der Waals surface area contributed by atoms with Crippen molar-refractivity contribution in [3.8, 4) is 5.75 Å². The Hall–Kier alpha value is -0.980. The lowest BCUT2D eigenvalue weighted by atomic mass is 10.2. The molecule has 1 heteroatoms. The summed E-state index contributed by atoms with van der Waals surface area (Å²) in [6.45, 7) is 1.97. The Balaban J connectivity index is 3.01. The molecule has 1 radical (unpaired) electrons. The highest BCUT2D eigenvalue weighted by atomic mass is 16.5. The van der Waals surface area contributed by atoms with E-state index in [1.54, 1.807) is 7.11 Å². The van der Waals surface area contributed by atoms with Crippen molar-refractivity contribution in [1.29, 1.82) is 0 Å². The number of hydrogen-bond donors (Lipinski definition) is 0. The van der Waals surface area contributed by atoms with E-state index in [1.807, 2.05) is 25.1 Å². The van der Waals surface area contributed by atoms with Gasteiger partial charge in [-0.15, -0.1) is 0 Å². The Bertz CT molecular complexity index is 194. The van der Waals surface area contributed by atoms with Crippen LogP contribution in [0.15, 0.2) is 18.2 Å². The molecule has 0 amide bonds. The zero-order chi connectivity index (χ0) is 6.69. The number of methoxy groups -OCH3 is 1. The van der Waals surface area contributed by atoms with Gasteiger partial charge in [0, 0.05) is 0 Å². The molecular formula is C8H9O. The first-order valence-electron chi connectivity index (χ1n) is 2.86. The summed E-state index contributed by atoms with van der Waals surface area (Å²) < 4.78 is 5.01. The molecule has 0 aliphatic carbocycles. The van der Waals surface area contributed by atoms with Gasteiger partial charge in [0.05, 0.1) is 7.11 Å². The summed E-state index contributed by atoms with van der Waals surface area (Å²) in [5.74, 6) is 0.900. The average Bonchev–Trinajstić information content (AvgIpc) is 1.89. The molecule has 0 fully saturated rings. The van der Waals surface area contributed by atoms with Crippen molar-refractivity contribution in [2.45, 2.75) is 6.92 Å². The van der Waals surface area contributed by atoms with E-state index in [9.17, 15) is 0 Å². The Kier molecular flexibility index (Phi) is 1.73. The summed E-state index contributed by atoms with van der Waals surface area (Å²) in [5, 5.41) is 0. The quantitative estimate of drug-likeness (QED) is 0.550. The van der Waals surface area contributed by atoms with Crippen LogP contribution in [-0.4, -0.2) is 7.11 Å². The minimum Gasteiger partial charge on any atom is -0.496 e. The fourth-order valence-electron chi connectivity index (χ4n) is 0.726. The molecule has 0 heterocycles. The van der Waals surface area contributed by atoms with E-state index >= 15 is 0 Å². The Labute approximate surface area is 55.3 Å². The normalized spacial score (nSPS) is 9.11. The molecule has 47 valence electrons. The van der Waals surface area contributed by atoms with Crippen LogP contribution in [0.4, 0.5) is 0 Å². The van der Waals surface area contributed by atoms with Crippen molar-refractivity contribution in [3.63, 3.8) is 0 Å². The molecule has 9 heavy (non-hydrogen) atoms. The Morgan fingerprint density at radius 1 is 1.56 bits per heavy atom. The number of rotatable bonds is 1. The van der Waals surface area contributed by atoms with E-state index in [2.05, 4.69) is 6.07 Å². The van der Waals surface area contributed by atoms with Gasteiger partial charge >= 0.3 is 0 Å². The molecule has 0 aliphatic heterocycles. The zero-order valence-corrected chi connectivity index (χ0v) is 5.64. The molecule has 0 N–H and O–H groups in total. The second kappa shape index (κ2) is 2.53. The molecule has 1 nitrogen and oxygen atoms in total. The van der Waals surface area contributed by atoms with Gasteiger partial charge in [0.2, 0.25) is 0 Å². The number of aryl methyl sites for hydroxylation is 1. The maximum Gasteiger partial charge on any atom is 0.122 e. The van der Waals surface area contributed by atoms with Gasteiger partial charge in [-0.3, -0.25) is 0 Å². The van der Waals surface area contributed by atoms with Crippen LogP contribution in [0.1, 0.15) is 5.56 Å². The topological polar surface area (TPSA) is 9.23 Å². The van der Waals surface area contributed by atoms with Crippen LogP contribution in [0.2, 0.25) is 0 Å². The van der Waals surface area contributed by atoms with E-state index < -0.39 is 0 Å². The lowest BCUT2D eigenvalue weighted by Gasteiger charge is -2.00. The molecule has 0 saturated heterocycles. The van der Waals surface area contributed by atoms with Crippen LogP contribution in [-0.2, 0) is 0 Å². The van der Waals surface area contributed by atoms with Crippen molar-refractivity contribution in [1.82, 2.24) is 0 Å². The van der Waals surface area contributed by atoms with Crippen molar-refractivity contribution in [3.05, 3.63) is 29.8 Å². The van der Waals surface area contributed by atoms with Crippen LogP contribution >= 0.6 is 0 Å². The minimum atomic E-state index is 0.900. The minimum absolute atomic E-state index is 0.900. The van der Waals surface area contributed by atoms with Crippen LogP contribution in [0, 0.1) is 13.0 Å². The molecular weight excluding hydrogens is 112 g/mol. The van der Waals surface area contributed by atoms with Crippen molar-refractivity contribution in [2.24, 2.45) is 0 Å². The summed E-state index contributed by atoms with van der Waals surface area (Å²) in [5.41, 5.74) is 1.06. The van der Waals surface area contributed by atoms with Gasteiger partial charge in [-0.05, 0) is 24.6 Å². The fourth-order valence-corrected chi connectivity index (χ4v) is 0.726. The van der Waals surface area contributed by atoms with Crippen LogP contribution in [0.25, 0.3) is 0 Å². The number of benzene rings is 1. The lowest BCUT2D eigenvalue weighted by Crippen LogP contribution is -1.84. The molecule has 0 bridgehead atoms.